The lowest BCUT2D eigenvalue weighted by molar-refractivity contribution is -0.710. The quantitative estimate of drug-likeness (QED) is 0.194. The molecule has 0 spiro atoms. The van der Waals surface area contributed by atoms with Gasteiger partial charge in [0.1, 0.15) is 11.9 Å². The van der Waals surface area contributed by atoms with Gasteiger partial charge in [0, 0.05) is 6.42 Å². The zero-order chi connectivity index (χ0) is 22.8. The Labute approximate surface area is 196 Å². The summed E-state index contributed by atoms with van der Waals surface area (Å²) in [5.74, 6) is 1.97. The number of unbranched alkanes of at least 4 members (excludes halogenated alkanes) is 5. The Hall–Kier alpha value is -2.35. The van der Waals surface area contributed by atoms with Crippen molar-refractivity contribution < 1.29 is 4.57 Å². The van der Waals surface area contributed by atoms with E-state index < -0.39 is 0 Å². The fourth-order valence-corrected chi connectivity index (χ4v) is 4.72. The second-order valence-electron chi connectivity index (χ2n) is 9.64. The summed E-state index contributed by atoms with van der Waals surface area (Å²) >= 11 is 0. The summed E-state index contributed by atoms with van der Waals surface area (Å²) in [6.45, 7) is 10.4. The maximum absolute atomic E-state index is 2.66. The van der Waals surface area contributed by atoms with Crippen LogP contribution in [0.3, 0.4) is 0 Å². The molecule has 0 radical (unpaired) electrons. The van der Waals surface area contributed by atoms with Crippen LogP contribution in [0.4, 0.5) is 0 Å². The third-order valence-corrected chi connectivity index (χ3v) is 6.63. The highest BCUT2D eigenvalue weighted by atomic mass is 15.2. The maximum Gasteiger partial charge on any atom is 0.261 e. The SMILES string of the molecule is CCCCCCCC[n+]1c(CC(C)c2ccccc2)cn(C(C)C)c1Cc1ccccc1. The summed E-state index contributed by atoms with van der Waals surface area (Å²) in [5, 5.41) is 0. The van der Waals surface area contributed by atoms with E-state index in [4.69, 9.17) is 0 Å². The van der Waals surface area contributed by atoms with E-state index in [1.807, 2.05) is 0 Å². The highest BCUT2D eigenvalue weighted by Gasteiger charge is 2.26. The first-order valence-electron chi connectivity index (χ1n) is 12.8. The van der Waals surface area contributed by atoms with E-state index >= 15 is 0 Å². The first-order chi connectivity index (χ1) is 15.6. The molecule has 0 fully saturated rings. The van der Waals surface area contributed by atoms with Gasteiger partial charge in [0.25, 0.3) is 5.82 Å². The van der Waals surface area contributed by atoms with E-state index in [0.29, 0.717) is 12.0 Å². The van der Waals surface area contributed by atoms with Crippen molar-refractivity contribution in [2.45, 2.75) is 97.6 Å². The van der Waals surface area contributed by atoms with E-state index in [2.05, 4.69) is 104 Å². The lowest BCUT2D eigenvalue weighted by atomic mass is 9.96. The van der Waals surface area contributed by atoms with Gasteiger partial charge >= 0.3 is 0 Å². The van der Waals surface area contributed by atoms with Gasteiger partial charge in [0.05, 0.1) is 19.0 Å². The van der Waals surface area contributed by atoms with Gasteiger partial charge in [-0.3, -0.25) is 0 Å². The Bertz CT molecular complexity index is 909. The molecule has 1 unspecified atom stereocenters. The van der Waals surface area contributed by atoms with Crippen LogP contribution in [0.5, 0.6) is 0 Å². The van der Waals surface area contributed by atoms with E-state index in [1.54, 1.807) is 0 Å². The minimum atomic E-state index is 0.463. The van der Waals surface area contributed by atoms with Gasteiger partial charge in [-0.1, -0.05) is 100 Å². The zero-order valence-corrected chi connectivity index (χ0v) is 20.8. The Morgan fingerprint density at radius 1 is 0.781 bits per heavy atom. The molecular formula is C30H43N2+. The van der Waals surface area contributed by atoms with Crippen molar-refractivity contribution in [1.82, 2.24) is 4.57 Å². The molecule has 3 aromatic rings. The summed E-state index contributed by atoms with van der Waals surface area (Å²) in [4.78, 5) is 0. The predicted octanol–water partition coefficient (Wildman–Crippen LogP) is 7.65. The molecule has 32 heavy (non-hydrogen) atoms. The molecule has 3 rings (SSSR count). The fourth-order valence-electron chi connectivity index (χ4n) is 4.72. The van der Waals surface area contributed by atoms with Gasteiger partial charge in [-0.15, -0.1) is 0 Å². The Morgan fingerprint density at radius 2 is 1.41 bits per heavy atom. The van der Waals surface area contributed by atoms with E-state index in [1.165, 1.54) is 61.2 Å². The van der Waals surface area contributed by atoms with Crippen LogP contribution in [0.1, 0.15) is 101 Å². The van der Waals surface area contributed by atoms with Crippen LogP contribution < -0.4 is 4.57 Å². The summed E-state index contributed by atoms with van der Waals surface area (Å²) in [7, 11) is 0. The monoisotopic (exact) mass is 431 g/mol. The van der Waals surface area contributed by atoms with Crippen LogP contribution in [0, 0.1) is 0 Å². The molecule has 0 saturated carbocycles. The molecule has 2 heteroatoms. The number of imidazole rings is 1. The standard InChI is InChI=1S/C30H43N2/c1-5-6-7-8-9-16-21-31-29(22-26(4)28-19-14-11-15-20-28)24-32(25(2)3)30(31)23-27-17-12-10-13-18-27/h10-15,17-20,24-26H,5-9,16,21-23H2,1-4H3/q+1. The van der Waals surface area contributed by atoms with Gasteiger partial charge in [-0.05, 0) is 43.7 Å². The molecule has 0 saturated heterocycles. The molecule has 2 aromatic carbocycles. The van der Waals surface area contributed by atoms with Crippen molar-refractivity contribution in [2.75, 3.05) is 0 Å². The minimum Gasteiger partial charge on any atom is -0.232 e. The second kappa shape index (κ2) is 12.6. The fraction of sp³-hybridized carbons (Fsp3) is 0.500. The molecule has 0 bridgehead atoms. The normalized spacial score (nSPS) is 12.4. The van der Waals surface area contributed by atoms with Gasteiger partial charge < -0.3 is 0 Å². The van der Waals surface area contributed by atoms with Crippen LogP contribution in [0.15, 0.2) is 66.9 Å². The lowest BCUT2D eigenvalue weighted by Gasteiger charge is -2.12. The van der Waals surface area contributed by atoms with Crippen LogP contribution in [0.25, 0.3) is 0 Å². The summed E-state index contributed by atoms with van der Waals surface area (Å²) in [5.41, 5.74) is 4.31. The van der Waals surface area contributed by atoms with Crippen molar-refractivity contribution in [2.24, 2.45) is 0 Å². The van der Waals surface area contributed by atoms with E-state index in [9.17, 15) is 0 Å². The van der Waals surface area contributed by atoms with Gasteiger partial charge in [-0.2, -0.15) is 0 Å². The number of aromatic nitrogens is 2. The van der Waals surface area contributed by atoms with E-state index in [0.717, 1.165) is 19.4 Å². The molecule has 2 nitrogen and oxygen atoms in total. The Morgan fingerprint density at radius 3 is 2.06 bits per heavy atom. The highest BCUT2D eigenvalue weighted by Crippen LogP contribution is 2.22. The summed E-state index contributed by atoms with van der Waals surface area (Å²) in [6, 6.07) is 22.4. The van der Waals surface area contributed by atoms with Crippen LogP contribution in [0.2, 0.25) is 0 Å². The van der Waals surface area contributed by atoms with Crippen LogP contribution in [-0.2, 0) is 19.4 Å². The zero-order valence-electron chi connectivity index (χ0n) is 20.8. The number of hydrogen-bond donors (Lipinski definition) is 0. The molecule has 0 aliphatic carbocycles. The van der Waals surface area contributed by atoms with Crippen molar-refractivity contribution in [3.8, 4) is 0 Å². The van der Waals surface area contributed by atoms with Gasteiger partial charge in [0.15, 0.2) is 0 Å². The topological polar surface area (TPSA) is 8.81 Å². The Balaban J connectivity index is 1.86. The third kappa shape index (κ3) is 6.82. The minimum absolute atomic E-state index is 0.463. The van der Waals surface area contributed by atoms with Gasteiger partial charge in [0.2, 0.25) is 0 Å². The van der Waals surface area contributed by atoms with Gasteiger partial charge in [-0.25, -0.2) is 9.13 Å². The van der Waals surface area contributed by atoms with Crippen LogP contribution >= 0.6 is 0 Å². The van der Waals surface area contributed by atoms with Crippen molar-refractivity contribution in [3.05, 3.63) is 89.5 Å². The first kappa shape index (κ1) is 24.3. The summed E-state index contributed by atoms with van der Waals surface area (Å²) < 4.78 is 5.18. The molecular weight excluding hydrogens is 388 g/mol. The molecule has 1 heterocycles. The average molecular weight is 432 g/mol. The molecule has 0 aliphatic heterocycles. The first-order valence-corrected chi connectivity index (χ1v) is 12.8. The molecule has 0 aliphatic rings. The molecule has 1 atom stereocenters. The molecule has 1 aromatic heterocycles. The van der Waals surface area contributed by atoms with Crippen molar-refractivity contribution in [1.29, 1.82) is 0 Å². The second-order valence-corrected chi connectivity index (χ2v) is 9.64. The molecule has 0 N–H and O–H groups in total. The van der Waals surface area contributed by atoms with Crippen LogP contribution in [-0.4, -0.2) is 4.57 Å². The third-order valence-electron chi connectivity index (χ3n) is 6.63. The number of nitrogens with zero attached hydrogens (tertiary/aromatic N) is 2. The lowest BCUT2D eigenvalue weighted by Crippen LogP contribution is -2.42. The highest BCUT2D eigenvalue weighted by molar-refractivity contribution is 5.21. The molecule has 0 amide bonds. The number of benzene rings is 2. The summed E-state index contributed by atoms with van der Waals surface area (Å²) in [6.07, 6.45) is 12.6. The largest absolute Gasteiger partial charge is 0.261 e. The Kier molecular flexibility index (Phi) is 9.59. The number of hydrogen-bond acceptors (Lipinski definition) is 0. The predicted molar refractivity (Wildman–Crippen MR) is 136 cm³/mol. The molecule has 172 valence electrons. The van der Waals surface area contributed by atoms with Crippen molar-refractivity contribution >= 4 is 0 Å². The average Bonchev–Trinajstić information content (AvgIpc) is 3.14. The smallest absolute Gasteiger partial charge is 0.232 e. The van der Waals surface area contributed by atoms with Crippen molar-refractivity contribution in [3.63, 3.8) is 0 Å². The number of rotatable bonds is 13. The maximum atomic E-state index is 2.66. The van der Waals surface area contributed by atoms with E-state index in [-0.39, 0.29) is 0 Å².